The second kappa shape index (κ2) is 3.06. The molecule has 4 heteroatoms. The lowest BCUT2D eigenvalue weighted by molar-refractivity contribution is -0.151. The van der Waals surface area contributed by atoms with Crippen LogP contribution in [0.5, 0.6) is 0 Å². The van der Waals surface area contributed by atoms with Crippen molar-refractivity contribution in [3.63, 3.8) is 0 Å². The molecular weight excluding hydrogens is 131 g/mol. The fourth-order valence-electron chi connectivity index (χ4n) is 0.422. The maximum Gasteiger partial charge on any atom is 0.403 e. The van der Waals surface area contributed by atoms with Gasteiger partial charge in [-0.15, -0.1) is 0 Å². The van der Waals surface area contributed by atoms with Crippen LogP contribution >= 0.6 is 0 Å². The lowest BCUT2D eigenvalue weighted by Crippen LogP contribution is -2.39. The molecule has 0 radical (unpaired) electrons. The first-order valence-corrected chi connectivity index (χ1v) is 2.78. The fourth-order valence-corrected chi connectivity index (χ4v) is 0.422. The quantitative estimate of drug-likeness (QED) is 0.615. The average Bonchev–Trinajstić information content (AvgIpc) is 1.64. The SMILES string of the molecule is CCN[C@@H](C)C(F)(F)F. The molecule has 0 saturated heterocycles. The minimum absolute atomic E-state index is 0.348. The van der Waals surface area contributed by atoms with Crippen molar-refractivity contribution >= 4 is 0 Å². The summed E-state index contributed by atoms with van der Waals surface area (Å²) in [5.74, 6) is 0. The number of rotatable bonds is 2. The summed E-state index contributed by atoms with van der Waals surface area (Å²) in [7, 11) is 0. The highest BCUT2D eigenvalue weighted by atomic mass is 19.4. The van der Waals surface area contributed by atoms with Crippen molar-refractivity contribution < 1.29 is 13.2 Å². The molecule has 0 amide bonds. The van der Waals surface area contributed by atoms with Crippen LogP contribution in [-0.4, -0.2) is 18.8 Å². The van der Waals surface area contributed by atoms with E-state index in [9.17, 15) is 13.2 Å². The Hall–Kier alpha value is -0.250. The lowest BCUT2D eigenvalue weighted by Gasteiger charge is -2.15. The van der Waals surface area contributed by atoms with E-state index in [-0.39, 0.29) is 0 Å². The zero-order valence-electron chi connectivity index (χ0n) is 5.42. The number of nitrogens with one attached hydrogen (secondary N) is 1. The number of hydrogen-bond acceptors (Lipinski definition) is 1. The van der Waals surface area contributed by atoms with Gasteiger partial charge in [-0.3, -0.25) is 0 Å². The molecule has 56 valence electrons. The van der Waals surface area contributed by atoms with Gasteiger partial charge in [0.25, 0.3) is 0 Å². The third-order valence-electron chi connectivity index (χ3n) is 1.00. The summed E-state index contributed by atoms with van der Waals surface area (Å²) in [6.45, 7) is 3.09. The molecule has 0 aliphatic carbocycles. The van der Waals surface area contributed by atoms with Gasteiger partial charge in [-0.25, -0.2) is 0 Å². The Kier molecular flexibility index (Phi) is 2.97. The highest BCUT2D eigenvalue weighted by Crippen LogP contribution is 2.18. The van der Waals surface area contributed by atoms with Crippen molar-refractivity contribution in [1.29, 1.82) is 0 Å². The summed E-state index contributed by atoms with van der Waals surface area (Å²) in [6.07, 6.45) is -4.10. The Bertz CT molecular complexity index is 78.8. The van der Waals surface area contributed by atoms with Crippen LogP contribution in [0.4, 0.5) is 13.2 Å². The van der Waals surface area contributed by atoms with Crippen molar-refractivity contribution in [1.82, 2.24) is 5.32 Å². The largest absolute Gasteiger partial charge is 0.403 e. The van der Waals surface area contributed by atoms with Gasteiger partial charge in [0.05, 0.1) is 0 Å². The summed E-state index contributed by atoms with van der Waals surface area (Å²) in [5, 5.41) is 2.26. The van der Waals surface area contributed by atoms with Gasteiger partial charge in [0.1, 0.15) is 6.04 Å². The van der Waals surface area contributed by atoms with Crippen molar-refractivity contribution in [3.8, 4) is 0 Å². The molecule has 0 aromatic heterocycles. The maximum absolute atomic E-state index is 11.6. The molecule has 0 saturated carbocycles. The van der Waals surface area contributed by atoms with E-state index in [4.69, 9.17) is 0 Å². The van der Waals surface area contributed by atoms with Gasteiger partial charge >= 0.3 is 6.18 Å². The number of hydrogen-bond donors (Lipinski definition) is 1. The van der Waals surface area contributed by atoms with Crippen LogP contribution in [0.25, 0.3) is 0 Å². The minimum atomic E-state index is -4.10. The number of halogens is 3. The van der Waals surface area contributed by atoms with Crippen LogP contribution in [0.3, 0.4) is 0 Å². The van der Waals surface area contributed by atoms with Crippen molar-refractivity contribution in [2.24, 2.45) is 0 Å². The Morgan fingerprint density at radius 3 is 2.00 bits per heavy atom. The molecule has 0 spiro atoms. The standard InChI is InChI=1S/C5H10F3N/c1-3-9-4(2)5(6,7)8/h4,9H,3H2,1-2H3/t4-/m0/s1. The first-order valence-electron chi connectivity index (χ1n) is 2.78. The lowest BCUT2D eigenvalue weighted by atomic mass is 10.3. The smallest absolute Gasteiger partial charge is 0.307 e. The normalized spacial score (nSPS) is 15.7. The maximum atomic E-state index is 11.6. The van der Waals surface area contributed by atoms with E-state index in [0.29, 0.717) is 6.54 Å². The van der Waals surface area contributed by atoms with Gasteiger partial charge < -0.3 is 5.32 Å². The van der Waals surface area contributed by atoms with E-state index in [0.717, 1.165) is 6.92 Å². The molecular formula is C5H10F3N. The Balaban J connectivity index is 3.59. The molecule has 0 aliphatic rings. The van der Waals surface area contributed by atoms with E-state index in [2.05, 4.69) is 5.32 Å². The molecule has 0 bridgehead atoms. The highest BCUT2D eigenvalue weighted by Gasteiger charge is 2.34. The molecule has 1 nitrogen and oxygen atoms in total. The van der Waals surface area contributed by atoms with Crippen LogP contribution in [0.15, 0.2) is 0 Å². The zero-order valence-corrected chi connectivity index (χ0v) is 5.42. The van der Waals surface area contributed by atoms with E-state index < -0.39 is 12.2 Å². The van der Waals surface area contributed by atoms with Gasteiger partial charge in [-0.2, -0.15) is 13.2 Å². The molecule has 0 aromatic rings. The van der Waals surface area contributed by atoms with E-state index in [1.54, 1.807) is 6.92 Å². The molecule has 1 atom stereocenters. The predicted octanol–water partition coefficient (Wildman–Crippen LogP) is 1.55. The molecule has 0 heterocycles. The summed E-state index contributed by atoms with van der Waals surface area (Å²) in [6, 6.07) is -1.39. The van der Waals surface area contributed by atoms with Crippen LogP contribution in [0.2, 0.25) is 0 Å². The van der Waals surface area contributed by atoms with Gasteiger partial charge in [0.15, 0.2) is 0 Å². The second-order valence-corrected chi connectivity index (χ2v) is 1.82. The van der Waals surface area contributed by atoms with Crippen LogP contribution in [-0.2, 0) is 0 Å². The van der Waals surface area contributed by atoms with Crippen molar-refractivity contribution in [2.45, 2.75) is 26.1 Å². The first-order chi connectivity index (χ1) is 3.98. The summed E-state index contributed by atoms with van der Waals surface area (Å²) in [5.41, 5.74) is 0. The molecule has 0 aromatic carbocycles. The Morgan fingerprint density at radius 1 is 1.44 bits per heavy atom. The summed E-state index contributed by atoms with van der Waals surface area (Å²) in [4.78, 5) is 0. The monoisotopic (exact) mass is 141 g/mol. The Morgan fingerprint density at radius 2 is 1.89 bits per heavy atom. The third kappa shape index (κ3) is 3.35. The predicted molar refractivity (Wildman–Crippen MR) is 29.2 cm³/mol. The number of alkyl halides is 3. The molecule has 0 rings (SSSR count). The van der Waals surface area contributed by atoms with E-state index in [1.165, 1.54) is 0 Å². The third-order valence-corrected chi connectivity index (χ3v) is 1.00. The van der Waals surface area contributed by atoms with Crippen LogP contribution < -0.4 is 5.32 Å². The zero-order chi connectivity index (χ0) is 7.49. The Labute approximate surface area is 52.2 Å². The second-order valence-electron chi connectivity index (χ2n) is 1.82. The van der Waals surface area contributed by atoms with E-state index in [1.807, 2.05) is 0 Å². The van der Waals surface area contributed by atoms with Gasteiger partial charge in [0.2, 0.25) is 0 Å². The molecule has 0 aliphatic heterocycles. The molecule has 1 N–H and O–H groups in total. The summed E-state index contributed by atoms with van der Waals surface area (Å²) >= 11 is 0. The van der Waals surface area contributed by atoms with Crippen molar-refractivity contribution in [3.05, 3.63) is 0 Å². The topological polar surface area (TPSA) is 12.0 Å². The van der Waals surface area contributed by atoms with Gasteiger partial charge in [-0.05, 0) is 13.5 Å². The fraction of sp³-hybridized carbons (Fsp3) is 1.00. The molecule has 0 fully saturated rings. The molecule has 0 unspecified atom stereocenters. The van der Waals surface area contributed by atoms with Crippen LogP contribution in [0.1, 0.15) is 13.8 Å². The van der Waals surface area contributed by atoms with Crippen LogP contribution in [0, 0.1) is 0 Å². The minimum Gasteiger partial charge on any atom is -0.307 e. The van der Waals surface area contributed by atoms with Gasteiger partial charge in [-0.1, -0.05) is 6.92 Å². The average molecular weight is 141 g/mol. The van der Waals surface area contributed by atoms with E-state index >= 15 is 0 Å². The molecule has 9 heavy (non-hydrogen) atoms. The highest BCUT2D eigenvalue weighted by molar-refractivity contribution is 4.67. The van der Waals surface area contributed by atoms with Gasteiger partial charge in [0, 0.05) is 0 Å². The van der Waals surface area contributed by atoms with Crippen molar-refractivity contribution in [2.75, 3.05) is 6.54 Å². The first kappa shape index (κ1) is 8.75. The summed E-state index contributed by atoms with van der Waals surface area (Å²) < 4.78 is 34.7.